The van der Waals surface area contributed by atoms with Gasteiger partial charge in [-0.05, 0) is 29.3 Å². The van der Waals surface area contributed by atoms with Gasteiger partial charge < -0.3 is 14.8 Å². The highest BCUT2D eigenvalue weighted by molar-refractivity contribution is 7.99. The molecule has 7 nitrogen and oxygen atoms in total. The Kier molecular flexibility index (Phi) is 7.56. The average molecular weight is 538 g/mol. The molecule has 1 aliphatic heterocycles. The lowest BCUT2D eigenvalue weighted by Crippen LogP contribution is -2.48. The zero-order valence-electron chi connectivity index (χ0n) is 20.9. The lowest BCUT2D eigenvalue weighted by atomic mass is 10.2. The standard InChI is InChI=1S/C30H27N5O2S.CH4/c1-33-27-14-23-12-13-34(17-21-8-4-2-5-9-21)26(23)15-28(27)38-20-25(30(33)37)32-29(36)24-16-31-35(19-24)18-22-10-6-3-7-11-22;/h2-16,19,25H,17-18,20H2,1H3,(H,32,36);1H4/t25-;/m0./s1. The molecule has 1 atom stereocenters. The van der Waals surface area contributed by atoms with Gasteiger partial charge in [0.1, 0.15) is 6.04 Å². The number of anilines is 1. The number of hydrogen-bond acceptors (Lipinski definition) is 4. The van der Waals surface area contributed by atoms with Crippen LogP contribution in [0.25, 0.3) is 10.9 Å². The minimum atomic E-state index is -0.645. The molecule has 6 rings (SSSR count). The molecular weight excluding hydrogens is 506 g/mol. The Morgan fingerprint density at radius 1 is 1.00 bits per heavy atom. The van der Waals surface area contributed by atoms with Gasteiger partial charge >= 0.3 is 0 Å². The Hall–Kier alpha value is -4.30. The Balaban J connectivity index is 0.00000308. The van der Waals surface area contributed by atoms with Gasteiger partial charge in [0, 0.05) is 47.5 Å². The molecule has 198 valence electrons. The van der Waals surface area contributed by atoms with Crippen LogP contribution in [0.4, 0.5) is 5.69 Å². The van der Waals surface area contributed by atoms with Crippen LogP contribution in [0.15, 0.2) is 102 Å². The molecule has 0 aliphatic carbocycles. The summed E-state index contributed by atoms with van der Waals surface area (Å²) >= 11 is 1.59. The van der Waals surface area contributed by atoms with E-state index in [0.717, 1.165) is 33.6 Å². The number of amides is 2. The first-order valence-corrected chi connectivity index (χ1v) is 13.5. The fourth-order valence-corrected chi connectivity index (χ4v) is 5.89. The zero-order valence-corrected chi connectivity index (χ0v) is 21.8. The molecule has 0 saturated carbocycles. The third-order valence-corrected chi connectivity index (χ3v) is 7.97. The second kappa shape index (κ2) is 11.2. The van der Waals surface area contributed by atoms with Crippen LogP contribution in [0.5, 0.6) is 0 Å². The molecule has 2 amide bonds. The number of carbonyl (C=O) groups excluding carboxylic acids is 2. The van der Waals surface area contributed by atoms with E-state index >= 15 is 0 Å². The first-order valence-electron chi connectivity index (χ1n) is 12.5. The molecular formula is C31H31N5O2S. The summed E-state index contributed by atoms with van der Waals surface area (Å²) in [5.41, 5.74) is 4.74. The summed E-state index contributed by atoms with van der Waals surface area (Å²) in [6, 6.07) is 26.0. The maximum atomic E-state index is 13.4. The Labute approximate surface area is 232 Å². The van der Waals surface area contributed by atoms with Gasteiger partial charge in [-0.15, -0.1) is 11.8 Å². The molecule has 3 aromatic carbocycles. The smallest absolute Gasteiger partial charge is 0.255 e. The topological polar surface area (TPSA) is 72.2 Å². The molecule has 2 aromatic heterocycles. The van der Waals surface area contributed by atoms with Gasteiger partial charge in [-0.1, -0.05) is 68.1 Å². The summed E-state index contributed by atoms with van der Waals surface area (Å²) in [5, 5.41) is 8.34. The van der Waals surface area contributed by atoms with E-state index in [1.165, 1.54) is 5.56 Å². The monoisotopic (exact) mass is 537 g/mol. The fraction of sp³-hybridized carbons (Fsp3) is 0.194. The third-order valence-electron chi connectivity index (χ3n) is 6.83. The molecule has 39 heavy (non-hydrogen) atoms. The molecule has 0 unspecified atom stereocenters. The van der Waals surface area contributed by atoms with Gasteiger partial charge in [0.05, 0.1) is 24.0 Å². The second-order valence-corrected chi connectivity index (χ2v) is 10.5. The predicted octanol–water partition coefficient (Wildman–Crippen LogP) is 5.44. The highest BCUT2D eigenvalue weighted by Crippen LogP contribution is 2.37. The van der Waals surface area contributed by atoms with Crippen molar-refractivity contribution in [3.8, 4) is 0 Å². The number of benzene rings is 3. The molecule has 0 fully saturated rings. The van der Waals surface area contributed by atoms with Crippen LogP contribution < -0.4 is 10.2 Å². The number of likely N-dealkylation sites (N-methyl/N-ethyl adjacent to an activating group) is 1. The van der Waals surface area contributed by atoms with Crippen LogP contribution in [-0.4, -0.2) is 45.0 Å². The Morgan fingerprint density at radius 2 is 1.69 bits per heavy atom. The maximum absolute atomic E-state index is 13.4. The molecule has 0 saturated heterocycles. The van der Waals surface area contributed by atoms with Crippen molar-refractivity contribution in [3.63, 3.8) is 0 Å². The summed E-state index contributed by atoms with van der Waals surface area (Å²) in [7, 11) is 1.77. The van der Waals surface area contributed by atoms with Crippen LogP contribution in [0.1, 0.15) is 28.9 Å². The minimum absolute atomic E-state index is 0. The average Bonchev–Trinajstić information content (AvgIpc) is 3.55. The van der Waals surface area contributed by atoms with Crippen molar-refractivity contribution >= 4 is 40.2 Å². The third kappa shape index (κ3) is 5.47. The number of hydrogen-bond donors (Lipinski definition) is 1. The largest absolute Gasteiger partial charge is 0.343 e. The number of carbonyl (C=O) groups is 2. The first kappa shape index (κ1) is 26.3. The minimum Gasteiger partial charge on any atom is -0.343 e. The van der Waals surface area contributed by atoms with Crippen LogP contribution in [0.3, 0.4) is 0 Å². The van der Waals surface area contributed by atoms with Crippen molar-refractivity contribution in [2.75, 3.05) is 17.7 Å². The Bertz CT molecular complexity index is 1610. The van der Waals surface area contributed by atoms with Crippen molar-refractivity contribution in [1.82, 2.24) is 19.7 Å². The van der Waals surface area contributed by atoms with Gasteiger partial charge in [0.15, 0.2) is 0 Å². The molecule has 5 aromatic rings. The quantitative estimate of drug-likeness (QED) is 0.313. The molecule has 1 N–H and O–H groups in total. The normalized spacial score (nSPS) is 14.9. The van der Waals surface area contributed by atoms with E-state index < -0.39 is 6.04 Å². The van der Waals surface area contributed by atoms with Crippen LogP contribution in [0, 0.1) is 0 Å². The summed E-state index contributed by atoms with van der Waals surface area (Å²) in [5.74, 6) is 0.0109. The molecule has 1 aliphatic rings. The molecule has 0 radical (unpaired) electrons. The van der Waals surface area contributed by atoms with Crippen LogP contribution in [0.2, 0.25) is 0 Å². The first-order chi connectivity index (χ1) is 18.5. The van der Waals surface area contributed by atoms with Crippen molar-refractivity contribution in [2.24, 2.45) is 0 Å². The summed E-state index contributed by atoms with van der Waals surface area (Å²) < 4.78 is 3.96. The fourth-order valence-electron chi connectivity index (χ4n) is 4.78. The van der Waals surface area contributed by atoms with Crippen LogP contribution in [-0.2, 0) is 17.9 Å². The van der Waals surface area contributed by atoms with Gasteiger partial charge in [0.25, 0.3) is 5.91 Å². The second-order valence-electron chi connectivity index (χ2n) is 9.45. The highest BCUT2D eigenvalue weighted by atomic mass is 32.2. The van der Waals surface area contributed by atoms with Crippen molar-refractivity contribution in [2.45, 2.75) is 31.5 Å². The number of nitrogens with one attached hydrogen (secondary N) is 1. The number of thioether (sulfide) groups is 1. The predicted molar refractivity (Wildman–Crippen MR) is 157 cm³/mol. The van der Waals surface area contributed by atoms with E-state index in [9.17, 15) is 9.59 Å². The molecule has 0 bridgehead atoms. The van der Waals surface area contributed by atoms with E-state index in [1.54, 1.807) is 40.8 Å². The molecule has 8 heteroatoms. The zero-order chi connectivity index (χ0) is 26.1. The van der Waals surface area contributed by atoms with Gasteiger partial charge in [-0.3, -0.25) is 14.3 Å². The van der Waals surface area contributed by atoms with E-state index in [2.05, 4.69) is 51.5 Å². The Morgan fingerprint density at radius 3 is 2.41 bits per heavy atom. The lowest BCUT2D eigenvalue weighted by molar-refractivity contribution is -0.119. The maximum Gasteiger partial charge on any atom is 0.255 e. The van der Waals surface area contributed by atoms with E-state index in [4.69, 9.17) is 0 Å². The van der Waals surface area contributed by atoms with Gasteiger partial charge in [0.2, 0.25) is 5.91 Å². The van der Waals surface area contributed by atoms with Crippen LogP contribution >= 0.6 is 11.8 Å². The van der Waals surface area contributed by atoms with E-state index in [0.29, 0.717) is 17.9 Å². The van der Waals surface area contributed by atoms with Crippen molar-refractivity contribution in [1.29, 1.82) is 0 Å². The lowest BCUT2D eigenvalue weighted by Gasteiger charge is -2.21. The summed E-state index contributed by atoms with van der Waals surface area (Å²) in [6.45, 7) is 1.35. The SMILES string of the molecule is C.CN1C(=O)[C@@H](NC(=O)c2cnn(Cc3ccccc3)c2)CSc2cc3c(ccn3Cc3ccccc3)cc21. The van der Waals surface area contributed by atoms with Gasteiger partial charge in [-0.2, -0.15) is 5.10 Å². The van der Waals surface area contributed by atoms with E-state index in [1.807, 2.05) is 48.5 Å². The van der Waals surface area contributed by atoms with Gasteiger partial charge in [-0.25, -0.2) is 0 Å². The summed E-state index contributed by atoms with van der Waals surface area (Å²) in [4.78, 5) is 29.1. The van der Waals surface area contributed by atoms with E-state index in [-0.39, 0.29) is 19.2 Å². The summed E-state index contributed by atoms with van der Waals surface area (Å²) in [6.07, 6.45) is 5.35. The molecule has 3 heterocycles. The number of rotatable bonds is 6. The number of aromatic nitrogens is 3. The number of nitrogens with zero attached hydrogens (tertiary/aromatic N) is 4. The van der Waals surface area contributed by atoms with Crippen molar-refractivity contribution < 1.29 is 9.59 Å². The van der Waals surface area contributed by atoms with Crippen molar-refractivity contribution in [3.05, 3.63) is 114 Å². The molecule has 0 spiro atoms. The number of fused-ring (bicyclic) bond motifs is 2. The highest BCUT2D eigenvalue weighted by Gasteiger charge is 2.31.